The Hall–Kier alpha value is -1.51. The Morgan fingerprint density at radius 2 is 2.26 bits per heavy atom. The van der Waals surface area contributed by atoms with Crippen molar-refractivity contribution in [2.24, 2.45) is 0 Å². The first-order chi connectivity index (χ1) is 12.9. The predicted octanol–water partition coefficient (Wildman–Crippen LogP) is 3.48. The molecule has 1 saturated heterocycles. The zero-order chi connectivity index (χ0) is 19.6. The van der Waals surface area contributed by atoms with E-state index in [1.54, 1.807) is 11.8 Å². The van der Waals surface area contributed by atoms with E-state index in [2.05, 4.69) is 24.1 Å². The van der Waals surface area contributed by atoms with Gasteiger partial charge in [-0.3, -0.25) is 9.69 Å². The van der Waals surface area contributed by atoms with Crippen molar-refractivity contribution in [2.75, 3.05) is 30.5 Å². The highest BCUT2D eigenvalue weighted by molar-refractivity contribution is 8.26. The number of thiocarbonyl (C=S) groups is 1. The van der Waals surface area contributed by atoms with Crippen LogP contribution >= 0.6 is 35.7 Å². The predicted molar refractivity (Wildman–Crippen MR) is 117 cm³/mol. The van der Waals surface area contributed by atoms with Gasteiger partial charge in [-0.1, -0.05) is 30.0 Å². The van der Waals surface area contributed by atoms with Gasteiger partial charge in [0.25, 0.3) is 5.91 Å². The molecule has 2 aliphatic rings. The van der Waals surface area contributed by atoms with Gasteiger partial charge in [0.15, 0.2) is 0 Å². The van der Waals surface area contributed by atoms with Crippen molar-refractivity contribution in [3.63, 3.8) is 0 Å². The van der Waals surface area contributed by atoms with Crippen LogP contribution < -0.4 is 4.90 Å². The van der Waals surface area contributed by atoms with Crippen molar-refractivity contribution in [1.82, 2.24) is 4.90 Å². The molecule has 1 aromatic rings. The van der Waals surface area contributed by atoms with Crippen LogP contribution in [0.15, 0.2) is 23.1 Å². The van der Waals surface area contributed by atoms with Crippen LogP contribution in [0.3, 0.4) is 0 Å². The van der Waals surface area contributed by atoms with Crippen LogP contribution in [0.1, 0.15) is 24.0 Å². The highest BCUT2D eigenvalue weighted by Gasteiger charge is 2.40. The number of amides is 1. The second-order valence-electron chi connectivity index (χ2n) is 6.60. The lowest BCUT2D eigenvalue weighted by molar-refractivity contribution is -0.145. The molecule has 0 aliphatic carbocycles. The monoisotopic (exact) mass is 422 g/mol. The number of fused-ring (bicyclic) bond motifs is 1. The van der Waals surface area contributed by atoms with Gasteiger partial charge in [0.1, 0.15) is 10.4 Å². The summed E-state index contributed by atoms with van der Waals surface area (Å²) >= 11 is 8.06. The molecule has 1 atom stereocenters. The Bertz CT molecular complexity index is 809. The molecule has 0 aromatic heterocycles. The summed E-state index contributed by atoms with van der Waals surface area (Å²) in [6.45, 7) is 1.05. The van der Waals surface area contributed by atoms with Crippen LogP contribution in [0.25, 0.3) is 6.08 Å². The SMILES string of the molecule is CSCC[C@@H](C(=O)O)N1C(=O)/C(=C\c2ccc3c(c2)CCCN3C)SC1=S. The third-order valence-electron chi connectivity index (χ3n) is 4.77. The molecule has 2 aliphatic heterocycles. The lowest BCUT2D eigenvalue weighted by Crippen LogP contribution is -2.44. The molecule has 27 heavy (non-hydrogen) atoms. The summed E-state index contributed by atoms with van der Waals surface area (Å²) in [4.78, 5) is 28.5. The third kappa shape index (κ3) is 4.33. The van der Waals surface area contributed by atoms with Crippen LogP contribution in [0, 0.1) is 0 Å². The molecular weight excluding hydrogens is 400 g/mol. The minimum absolute atomic E-state index is 0.312. The average molecular weight is 423 g/mol. The number of carboxylic acid groups (broad SMARTS) is 1. The van der Waals surface area contributed by atoms with E-state index in [4.69, 9.17) is 12.2 Å². The molecule has 3 rings (SSSR count). The standard InChI is InChI=1S/C19H22N2O3S3/c1-20-8-3-4-13-10-12(5-6-14(13)20)11-16-17(22)21(19(25)27-16)15(18(23)24)7-9-26-2/h5-6,10-11,15H,3-4,7-9H2,1-2H3,(H,23,24)/b16-11+/t15-/m0/s1. The summed E-state index contributed by atoms with van der Waals surface area (Å²) in [6, 6.07) is 5.28. The minimum atomic E-state index is -1.02. The summed E-state index contributed by atoms with van der Waals surface area (Å²) in [6.07, 6.45) is 6.25. The fourth-order valence-electron chi connectivity index (χ4n) is 3.39. The Morgan fingerprint density at radius 3 is 2.96 bits per heavy atom. The Balaban J connectivity index is 1.85. The molecule has 1 fully saturated rings. The lowest BCUT2D eigenvalue weighted by Gasteiger charge is -2.27. The topological polar surface area (TPSA) is 60.9 Å². The molecule has 0 spiro atoms. The maximum Gasteiger partial charge on any atom is 0.326 e. The molecule has 0 saturated carbocycles. The quantitative estimate of drug-likeness (QED) is 0.556. The van der Waals surface area contributed by atoms with E-state index in [1.165, 1.54) is 27.9 Å². The van der Waals surface area contributed by atoms with Crippen molar-refractivity contribution >= 4 is 63.7 Å². The van der Waals surface area contributed by atoms with E-state index < -0.39 is 12.0 Å². The van der Waals surface area contributed by atoms with Crippen LogP contribution in [0.5, 0.6) is 0 Å². The van der Waals surface area contributed by atoms with Crippen LogP contribution in [0.2, 0.25) is 0 Å². The van der Waals surface area contributed by atoms with Gasteiger partial charge in [0, 0.05) is 19.3 Å². The molecule has 8 heteroatoms. The second-order valence-corrected chi connectivity index (χ2v) is 9.26. The summed E-state index contributed by atoms with van der Waals surface area (Å²) in [5.74, 6) is -0.669. The van der Waals surface area contributed by atoms with Gasteiger partial charge >= 0.3 is 5.97 Å². The van der Waals surface area contributed by atoms with Gasteiger partial charge in [-0.05, 0) is 60.6 Å². The first-order valence-electron chi connectivity index (χ1n) is 8.75. The van der Waals surface area contributed by atoms with Gasteiger partial charge in [-0.25, -0.2) is 4.79 Å². The van der Waals surface area contributed by atoms with E-state index in [1.807, 2.05) is 18.4 Å². The molecule has 0 unspecified atom stereocenters. The molecular formula is C19H22N2O3S3. The average Bonchev–Trinajstić information content (AvgIpc) is 2.89. The number of hydrogen-bond acceptors (Lipinski definition) is 6. The highest BCUT2D eigenvalue weighted by atomic mass is 32.2. The normalized spacial score (nSPS) is 19.6. The molecule has 144 valence electrons. The van der Waals surface area contributed by atoms with Gasteiger partial charge in [0.05, 0.1) is 4.91 Å². The van der Waals surface area contributed by atoms with Gasteiger partial charge < -0.3 is 10.0 Å². The van der Waals surface area contributed by atoms with E-state index in [0.29, 0.717) is 21.4 Å². The van der Waals surface area contributed by atoms with E-state index >= 15 is 0 Å². The zero-order valence-electron chi connectivity index (χ0n) is 15.3. The van der Waals surface area contributed by atoms with Crippen molar-refractivity contribution in [3.8, 4) is 0 Å². The molecule has 5 nitrogen and oxygen atoms in total. The van der Waals surface area contributed by atoms with E-state index in [9.17, 15) is 14.7 Å². The Morgan fingerprint density at radius 1 is 1.48 bits per heavy atom. The van der Waals surface area contributed by atoms with Gasteiger partial charge in [-0.2, -0.15) is 11.8 Å². The van der Waals surface area contributed by atoms with Crippen molar-refractivity contribution in [3.05, 3.63) is 34.2 Å². The van der Waals surface area contributed by atoms with Crippen LogP contribution in [0.4, 0.5) is 5.69 Å². The molecule has 1 amide bonds. The Kier molecular flexibility index (Phi) is 6.49. The number of thioether (sulfide) groups is 2. The molecule has 0 radical (unpaired) electrons. The first kappa shape index (κ1) is 20.2. The molecule has 0 bridgehead atoms. The molecule has 2 heterocycles. The zero-order valence-corrected chi connectivity index (χ0v) is 17.8. The summed E-state index contributed by atoms with van der Waals surface area (Å²) < 4.78 is 0.317. The number of aliphatic carboxylic acids is 1. The maximum absolute atomic E-state index is 12.8. The van der Waals surface area contributed by atoms with Gasteiger partial charge in [0.2, 0.25) is 0 Å². The van der Waals surface area contributed by atoms with Crippen LogP contribution in [-0.2, 0) is 16.0 Å². The molecule has 1 N–H and O–H groups in total. The van der Waals surface area contributed by atoms with Crippen molar-refractivity contribution < 1.29 is 14.7 Å². The van der Waals surface area contributed by atoms with E-state index in [0.717, 1.165) is 24.9 Å². The van der Waals surface area contributed by atoms with Crippen molar-refractivity contribution in [2.45, 2.75) is 25.3 Å². The number of aryl methyl sites for hydroxylation is 1. The number of nitrogens with zero attached hydrogens (tertiary/aromatic N) is 2. The number of carbonyl (C=O) groups excluding carboxylic acids is 1. The summed E-state index contributed by atoms with van der Waals surface area (Å²) in [5.41, 5.74) is 3.45. The second kappa shape index (κ2) is 8.67. The fourth-order valence-corrected chi connectivity index (χ4v) is 5.20. The summed E-state index contributed by atoms with van der Waals surface area (Å²) in [5, 5.41) is 9.53. The van der Waals surface area contributed by atoms with Crippen LogP contribution in [-0.4, -0.2) is 57.8 Å². The smallest absolute Gasteiger partial charge is 0.326 e. The third-order valence-corrected chi connectivity index (χ3v) is 6.74. The van der Waals surface area contributed by atoms with E-state index in [-0.39, 0.29) is 5.91 Å². The highest BCUT2D eigenvalue weighted by Crippen LogP contribution is 2.36. The number of rotatable bonds is 6. The Labute approximate surface area is 173 Å². The number of hydrogen-bond donors (Lipinski definition) is 1. The number of carbonyl (C=O) groups is 2. The number of anilines is 1. The molecule has 1 aromatic carbocycles. The lowest BCUT2D eigenvalue weighted by atomic mass is 9.99. The van der Waals surface area contributed by atoms with Gasteiger partial charge in [-0.15, -0.1) is 0 Å². The summed E-state index contributed by atoms with van der Waals surface area (Å²) in [7, 11) is 2.09. The fraction of sp³-hybridized carbons (Fsp3) is 0.421. The first-order valence-corrected chi connectivity index (χ1v) is 11.4. The van der Waals surface area contributed by atoms with Crippen molar-refractivity contribution in [1.29, 1.82) is 0 Å². The number of carboxylic acids is 1. The number of benzene rings is 1. The minimum Gasteiger partial charge on any atom is -0.480 e. The maximum atomic E-state index is 12.8. The largest absolute Gasteiger partial charge is 0.480 e.